The van der Waals surface area contributed by atoms with Crippen molar-refractivity contribution in [3.05, 3.63) is 48.5 Å². The topological polar surface area (TPSA) is 96.7 Å². The van der Waals surface area contributed by atoms with Gasteiger partial charge in [-0.3, -0.25) is 9.59 Å². The van der Waals surface area contributed by atoms with Crippen LogP contribution in [0.5, 0.6) is 5.75 Å². The van der Waals surface area contributed by atoms with Gasteiger partial charge >= 0.3 is 18.2 Å². The van der Waals surface area contributed by atoms with Crippen molar-refractivity contribution in [3.8, 4) is 5.75 Å². The average Bonchev–Trinajstić information content (AvgIpc) is 3.22. The third-order valence-corrected chi connectivity index (χ3v) is 5.27. The van der Waals surface area contributed by atoms with E-state index in [0.29, 0.717) is 25.6 Å². The minimum absolute atomic E-state index is 0.177. The van der Waals surface area contributed by atoms with Crippen LogP contribution in [-0.4, -0.2) is 42.8 Å². The molecule has 2 N–H and O–H groups in total. The highest BCUT2D eigenvalue weighted by Crippen LogP contribution is 2.26. The molecule has 0 bridgehead atoms. The van der Waals surface area contributed by atoms with Gasteiger partial charge in [0.2, 0.25) is 0 Å². The average molecular weight is 462 g/mol. The zero-order valence-corrected chi connectivity index (χ0v) is 17.4. The summed E-state index contributed by atoms with van der Waals surface area (Å²) >= 11 is 0. The van der Waals surface area contributed by atoms with Crippen LogP contribution in [0, 0.1) is 5.92 Å². The van der Waals surface area contributed by atoms with Crippen molar-refractivity contribution in [2.45, 2.75) is 19.2 Å². The van der Waals surface area contributed by atoms with E-state index in [4.69, 9.17) is 4.42 Å². The van der Waals surface area contributed by atoms with Crippen molar-refractivity contribution in [2.75, 3.05) is 29.9 Å². The van der Waals surface area contributed by atoms with Crippen LogP contribution < -0.4 is 20.3 Å². The Morgan fingerprint density at radius 3 is 2.42 bits per heavy atom. The molecule has 3 aromatic rings. The molecule has 0 saturated carbocycles. The predicted molar refractivity (Wildman–Crippen MR) is 114 cm³/mol. The highest BCUT2D eigenvalue weighted by molar-refractivity contribution is 6.39. The number of anilines is 2. The minimum Gasteiger partial charge on any atom is -0.423 e. The molecule has 1 saturated heterocycles. The second-order valence-electron chi connectivity index (χ2n) is 7.63. The van der Waals surface area contributed by atoms with Gasteiger partial charge in [-0.05, 0) is 55.2 Å². The fraction of sp³-hybridized carbons (Fsp3) is 0.318. The van der Waals surface area contributed by atoms with Gasteiger partial charge in [0.15, 0.2) is 5.58 Å². The molecule has 1 fully saturated rings. The summed E-state index contributed by atoms with van der Waals surface area (Å²) in [6, 6.07) is 12.6. The fourth-order valence-corrected chi connectivity index (χ4v) is 3.57. The molecular weight excluding hydrogens is 441 g/mol. The van der Waals surface area contributed by atoms with Crippen LogP contribution in [0.25, 0.3) is 11.1 Å². The summed E-state index contributed by atoms with van der Waals surface area (Å²) in [6.45, 7) is 1.77. The van der Waals surface area contributed by atoms with Gasteiger partial charge in [-0.25, -0.2) is 0 Å². The van der Waals surface area contributed by atoms with Crippen LogP contribution in [0.15, 0.2) is 52.9 Å². The van der Waals surface area contributed by atoms with Gasteiger partial charge in [0.25, 0.3) is 6.01 Å². The number of hydrogen-bond donors (Lipinski definition) is 2. The maximum atomic E-state index is 12.2. The first kappa shape index (κ1) is 22.4. The number of para-hydroxylation sites is 2. The van der Waals surface area contributed by atoms with Crippen molar-refractivity contribution in [2.24, 2.45) is 5.92 Å². The molecule has 1 aromatic heterocycles. The molecule has 0 radical (unpaired) electrons. The summed E-state index contributed by atoms with van der Waals surface area (Å²) in [5, 5.41) is 4.95. The number of hydrogen-bond acceptors (Lipinski definition) is 6. The van der Waals surface area contributed by atoms with Crippen LogP contribution in [0.3, 0.4) is 0 Å². The number of piperidine rings is 1. The van der Waals surface area contributed by atoms with Gasteiger partial charge in [0.1, 0.15) is 11.3 Å². The van der Waals surface area contributed by atoms with E-state index in [2.05, 4.69) is 25.3 Å². The molecule has 0 unspecified atom stereocenters. The third-order valence-electron chi connectivity index (χ3n) is 5.27. The molecule has 2 aromatic carbocycles. The molecule has 2 heterocycles. The molecule has 2 amide bonds. The number of carbonyl (C=O) groups is 2. The van der Waals surface area contributed by atoms with Gasteiger partial charge in [0.05, 0.1) is 0 Å². The molecule has 0 atom stereocenters. The molecule has 8 nitrogen and oxygen atoms in total. The Bertz CT molecular complexity index is 1090. The number of rotatable bonds is 5. The summed E-state index contributed by atoms with van der Waals surface area (Å²) in [7, 11) is 0. The Morgan fingerprint density at radius 2 is 1.76 bits per heavy atom. The monoisotopic (exact) mass is 462 g/mol. The van der Waals surface area contributed by atoms with Crippen LogP contribution in [-0.2, 0) is 9.59 Å². The summed E-state index contributed by atoms with van der Waals surface area (Å²) in [5.74, 6) is -1.94. The Balaban J connectivity index is 1.21. The van der Waals surface area contributed by atoms with Gasteiger partial charge in [0, 0.05) is 25.3 Å². The minimum atomic E-state index is -4.80. The van der Waals surface area contributed by atoms with E-state index in [9.17, 15) is 22.8 Å². The lowest BCUT2D eigenvalue weighted by Gasteiger charge is -2.30. The molecule has 4 rings (SSSR count). The zero-order chi connectivity index (χ0) is 23.4. The van der Waals surface area contributed by atoms with E-state index >= 15 is 0 Å². The first-order valence-electron chi connectivity index (χ1n) is 10.3. The Kier molecular flexibility index (Phi) is 6.38. The van der Waals surface area contributed by atoms with E-state index in [1.54, 1.807) is 0 Å². The van der Waals surface area contributed by atoms with E-state index in [1.165, 1.54) is 12.1 Å². The molecule has 33 heavy (non-hydrogen) atoms. The second kappa shape index (κ2) is 9.39. The molecule has 0 spiro atoms. The van der Waals surface area contributed by atoms with Gasteiger partial charge in [-0.2, -0.15) is 4.98 Å². The highest BCUT2D eigenvalue weighted by atomic mass is 19.4. The summed E-state index contributed by atoms with van der Waals surface area (Å²) < 4.78 is 46.1. The van der Waals surface area contributed by atoms with E-state index in [0.717, 1.165) is 36.1 Å². The first-order chi connectivity index (χ1) is 15.8. The van der Waals surface area contributed by atoms with Crippen molar-refractivity contribution in [1.82, 2.24) is 10.3 Å². The maximum Gasteiger partial charge on any atom is 0.573 e. The summed E-state index contributed by atoms with van der Waals surface area (Å²) in [5.41, 5.74) is 1.71. The molecule has 11 heteroatoms. The molecule has 174 valence electrons. The maximum absolute atomic E-state index is 12.2. The van der Waals surface area contributed by atoms with E-state index < -0.39 is 23.9 Å². The number of alkyl halides is 3. The zero-order valence-electron chi connectivity index (χ0n) is 17.4. The largest absolute Gasteiger partial charge is 0.573 e. The smallest absolute Gasteiger partial charge is 0.423 e. The SMILES string of the molecule is O=C(NCC1CCN(c2nc3ccccc3o2)CC1)C(=O)Nc1ccc(OC(F)(F)F)cc1. The number of benzene rings is 2. The summed E-state index contributed by atoms with van der Waals surface area (Å²) in [4.78, 5) is 30.7. The number of carbonyl (C=O) groups excluding carboxylic acids is 2. The predicted octanol–water partition coefficient (Wildman–Crippen LogP) is 3.70. The number of nitrogens with zero attached hydrogens (tertiary/aromatic N) is 2. The Hall–Kier alpha value is -3.76. The third kappa shape index (κ3) is 5.93. The number of amides is 2. The summed E-state index contributed by atoms with van der Waals surface area (Å²) in [6.07, 6.45) is -3.22. The fourth-order valence-electron chi connectivity index (χ4n) is 3.57. The van der Waals surface area contributed by atoms with Crippen molar-refractivity contribution >= 4 is 34.6 Å². The Labute approximate surface area is 186 Å². The number of ether oxygens (including phenoxy) is 1. The molecule has 1 aliphatic rings. The van der Waals surface area contributed by atoms with Gasteiger partial charge in [-0.1, -0.05) is 12.1 Å². The van der Waals surface area contributed by atoms with E-state index in [1.807, 2.05) is 24.3 Å². The molecule has 0 aliphatic carbocycles. The lowest BCUT2D eigenvalue weighted by molar-refractivity contribution is -0.274. The van der Waals surface area contributed by atoms with Crippen LogP contribution in [0.2, 0.25) is 0 Å². The second-order valence-corrected chi connectivity index (χ2v) is 7.63. The quantitative estimate of drug-likeness (QED) is 0.562. The van der Waals surface area contributed by atoms with Crippen molar-refractivity contribution < 1.29 is 31.9 Å². The number of nitrogens with one attached hydrogen (secondary N) is 2. The van der Waals surface area contributed by atoms with Crippen LogP contribution in [0.4, 0.5) is 24.9 Å². The van der Waals surface area contributed by atoms with Crippen LogP contribution >= 0.6 is 0 Å². The number of fused-ring (bicyclic) bond motifs is 1. The normalized spacial score (nSPS) is 14.8. The highest BCUT2D eigenvalue weighted by Gasteiger charge is 2.31. The number of aromatic nitrogens is 1. The number of halogens is 3. The lowest BCUT2D eigenvalue weighted by atomic mass is 9.97. The van der Waals surface area contributed by atoms with Gasteiger partial charge in [-0.15, -0.1) is 13.2 Å². The van der Waals surface area contributed by atoms with Gasteiger partial charge < -0.3 is 24.7 Å². The molecular formula is C22H21F3N4O4. The van der Waals surface area contributed by atoms with E-state index in [-0.39, 0.29) is 11.6 Å². The van der Waals surface area contributed by atoms with Crippen LogP contribution in [0.1, 0.15) is 12.8 Å². The van der Waals surface area contributed by atoms with Crippen molar-refractivity contribution in [1.29, 1.82) is 0 Å². The first-order valence-corrected chi connectivity index (χ1v) is 10.3. The Morgan fingerprint density at radius 1 is 1.06 bits per heavy atom. The number of oxazole rings is 1. The van der Waals surface area contributed by atoms with Crippen molar-refractivity contribution in [3.63, 3.8) is 0 Å². The molecule has 1 aliphatic heterocycles. The lowest BCUT2D eigenvalue weighted by Crippen LogP contribution is -2.41. The standard InChI is InChI=1S/C22H21F3N4O4/c23-22(24,25)33-16-7-5-15(6-8-16)27-20(31)19(30)26-13-14-9-11-29(12-10-14)21-28-17-3-1-2-4-18(17)32-21/h1-8,14H,9-13H2,(H,26,30)(H,27,31).